The van der Waals surface area contributed by atoms with Crippen molar-refractivity contribution in [3.05, 3.63) is 11.6 Å². The molecule has 0 aromatic carbocycles. The molecule has 0 aromatic rings. The summed E-state index contributed by atoms with van der Waals surface area (Å²) in [7, 11) is 0. The largest absolute Gasteiger partial charge is 0.366 e. The molecule has 2 nitrogen and oxygen atoms in total. The zero-order chi connectivity index (χ0) is 22.1. The lowest BCUT2D eigenvalue weighted by Crippen LogP contribution is -2.11. The fourth-order valence-electron chi connectivity index (χ4n) is 4.17. The molecule has 178 valence electrons. The van der Waals surface area contributed by atoms with Gasteiger partial charge in [0.2, 0.25) is 5.91 Å². The molecule has 2 N–H and O–H groups in total. The van der Waals surface area contributed by atoms with Gasteiger partial charge in [0.25, 0.3) is 0 Å². The third-order valence-electron chi connectivity index (χ3n) is 6.40. The molecule has 0 saturated carbocycles. The average Bonchev–Trinajstić information content (AvgIpc) is 2.74. The zero-order valence-corrected chi connectivity index (χ0v) is 20.8. The number of allylic oxidation sites excluding steroid dienone is 1. The van der Waals surface area contributed by atoms with Crippen molar-refractivity contribution in [1.82, 2.24) is 0 Å². The highest BCUT2D eigenvalue weighted by Gasteiger charge is 1.97. The van der Waals surface area contributed by atoms with Gasteiger partial charge in [0.15, 0.2) is 0 Å². The molecule has 0 unspecified atom stereocenters. The predicted molar refractivity (Wildman–Crippen MR) is 135 cm³/mol. The number of carbonyl (C=O) groups excluding carboxylic acids is 1. The number of unbranched alkanes of at least 4 members (excludes halogenated alkanes) is 22. The van der Waals surface area contributed by atoms with Gasteiger partial charge >= 0.3 is 0 Å². The molecule has 30 heavy (non-hydrogen) atoms. The number of rotatable bonds is 24. The Morgan fingerprint density at radius 2 is 0.800 bits per heavy atom. The minimum Gasteiger partial charge on any atom is -0.366 e. The van der Waals surface area contributed by atoms with Gasteiger partial charge in [-0.25, -0.2) is 0 Å². The molecule has 1 amide bonds. The Morgan fingerprint density at radius 3 is 1.07 bits per heavy atom. The first-order chi connectivity index (χ1) is 14.7. The van der Waals surface area contributed by atoms with Gasteiger partial charge in [-0.05, 0) is 19.8 Å². The van der Waals surface area contributed by atoms with Crippen molar-refractivity contribution >= 4 is 5.91 Å². The van der Waals surface area contributed by atoms with Crippen molar-refractivity contribution in [1.29, 1.82) is 0 Å². The van der Waals surface area contributed by atoms with Gasteiger partial charge in [0.1, 0.15) is 0 Å². The summed E-state index contributed by atoms with van der Waals surface area (Å²) in [6.45, 7) is 4.10. The average molecular weight is 422 g/mol. The summed E-state index contributed by atoms with van der Waals surface area (Å²) < 4.78 is 0. The molecule has 0 radical (unpaired) electrons. The van der Waals surface area contributed by atoms with E-state index in [0.717, 1.165) is 6.42 Å². The van der Waals surface area contributed by atoms with E-state index in [2.05, 4.69) is 6.92 Å². The van der Waals surface area contributed by atoms with Gasteiger partial charge in [-0.2, -0.15) is 0 Å². The van der Waals surface area contributed by atoms with E-state index >= 15 is 0 Å². The fourth-order valence-corrected chi connectivity index (χ4v) is 4.17. The molecule has 0 atom stereocenters. The number of nitrogens with two attached hydrogens (primary N) is 1. The lowest BCUT2D eigenvalue weighted by molar-refractivity contribution is -0.114. The number of hydrogen-bond acceptors (Lipinski definition) is 1. The van der Waals surface area contributed by atoms with Crippen molar-refractivity contribution in [2.75, 3.05) is 0 Å². The maximum absolute atomic E-state index is 10.9. The van der Waals surface area contributed by atoms with Crippen LogP contribution in [0.4, 0.5) is 0 Å². The van der Waals surface area contributed by atoms with Gasteiger partial charge in [0.05, 0.1) is 0 Å². The quantitative estimate of drug-likeness (QED) is 0.122. The first-order valence-corrected chi connectivity index (χ1v) is 13.6. The van der Waals surface area contributed by atoms with Crippen molar-refractivity contribution < 1.29 is 4.79 Å². The van der Waals surface area contributed by atoms with E-state index < -0.39 is 0 Å². The Hall–Kier alpha value is -0.790. The molecule has 2 heteroatoms. The molecule has 0 bridgehead atoms. The van der Waals surface area contributed by atoms with E-state index in [1.807, 2.05) is 6.08 Å². The summed E-state index contributed by atoms with van der Waals surface area (Å²) in [6.07, 6.45) is 34.2. The highest BCUT2D eigenvalue weighted by atomic mass is 16.1. The lowest BCUT2D eigenvalue weighted by Gasteiger charge is -2.04. The van der Waals surface area contributed by atoms with Crippen LogP contribution in [0, 0.1) is 0 Å². The Kier molecular flexibility index (Phi) is 23.8. The Morgan fingerprint density at radius 1 is 0.533 bits per heavy atom. The summed E-state index contributed by atoms with van der Waals surface area (Å²) in [5.41, 5.74) is 5.93. The number of hydrogen-bond donors (Lipinski definition) is 1. The van der Waals surface area contributed by atoms with Crippen molar-refractivity contribution in [2.45, 2.75) is 162 Å². The van der Waals surface area contributed by atoms with Crippen LogP contribution in [0.3, 0.4) is 0 Å². The smallest absolute Gasteiger partial charge is 0.244 e. The Labute approximate surface area is 189 Å². The second-order valence-electron chi connectivity index (χ2n) is 9.46. The summed E-state index contributed by atoms with van der Waals surface area (Å²) in [6, 6.07) is 0. The van der Waals surface area contributed by atoms with Crippen LogP contribution in [-0.2, 0) is 4.79 Å². The molecule has 0 saturated heterocycles. The SMILES string of the molecule is CCCCCCCCCCCCCCCCCCCCCCCCC=C(C)C(N)=O. The molecule has 0 aliphatic rings. The molecule has 0 aromatic heterocycles. The van der Waals surface area contributed by atoms with Crippen LogP contribution in [0.5, 0.6) is 0 Å². The Balaban J connectivity index is 3.08. The topological polar surface area (TPSA) is 43.1 Å². The van der Waals surface area contributed by atoms with Gasteiger partial charge < -0.3 is 5.73 Å². The first kappa shape index (κ1) is 29.2. The number of amides is 1. The van der Waals surface area contributed by atoms with E-state index in [4.69, 9.17) is 5.73 Å². The summed E-state index contributed by atoms with van der Waals surface area (Å²) >= 11 is 0. The first-order valence-electron chi connectivity index (χ1n) is 13.6. The summed E-state index contributed by atoms with van der Waals surface area (Å²) in [5.74, 6) is -0.284. The van der Waals surface area contributed by atoms with Crippen LogP contribution in [0.25, 0.3) is 0 Å². The van der Waals surface area contributed by atoms with Crippen LogP contribution < -0.4 is 5.73 Å². The van der Waals surface area contributed by atoms with E-state index in [1.54, 1.807) is 6.92 Å². The van der Waals surface area contributed by atoms with Crippen LogP contribution in [0.2, 0.25) is 0 Å². The molecule has 0 rings (SSSR count). The maximum atomic E-state index is 10.9. The van der Waals surface area contributed by atoms with E-state index in [1.165, 1.54) is 141 Å². The summed E-state index contributed by atoms with van der Waals surface area (Å²) in [5, 5.41) is 0. The summed E-state index contributed by atoms with van der Waals surface area (Å²) in [4.78, 5) is 10.9. The number of primary amides is 1. The molecule has 0 spiro atoms. The van der Waals surface area contributed by atoms with Crippen molar-refractivity contribution in [2.24, 2.45) is 5.73 Å². The predicted octanol–water partition coefficient (Wildman–Crippen LogP) is 9.41. The van der Waals surface area contributed by atoms with Gasteiger partial charge in [0, 0.05) is 5.57 Å². The molecule has 0 heterocycles. The van der Waals surface area contributed by atoms with E-state index in [-0.39, 0.29) is 5.91 Å². The molecular formula is C28H55NO. The van der Waals surface area contributed by atoms with Crippen LogP contribution in [0.1, 0.15) is 162 Å². The Bertz CT molecular complexity index is 388. The second-order valence-corrected chi connectivity index (χ2v) is 9.46. The van der Waals surface area contributed by atoms with E-state index in [0.29, 0.717) is 5.57 Å². The minimum absolute atomic E-state index is 0.284. The zero-order valence-electron chi connectivity index (χ0n) is 20.8. The fraction of sp³-hybridized carbons (Fsp3) is 0.893. The third kappa shape index (κ3) is 23.5. The van der Waals surface area contributed by atoms with Gasteiger partial charge in [-0.1, -0.05) is 148 Å². The van der Waals surface area contributed by atoms with Crippen LogP contribution in [0.15, 0.2) is 11.6 Å². The monoisotopic (exact) mass is 421 g/mol. The van der Waals surface area contributed by atoms with Crippen molar-refractivity contribution in [3.8, 4) is 0 Å². The molecule has 0 fully saturated rings. The number of carbonyl (C=O) groups is 1. The highest BCUT2D eigenvalue weighted by molar-refractivity contribution is 5.91. The van der Waals surface area contributed by atoms with Gasteiger partial charge in [-0.15, -0.1) is 0 Å². The van der Waals surface area contributed by atoms with Gasteiger partial charge in [-0.3, -0.25) is 4.79 Å². The standard InChI is InChI=1S/C28H55NO/c1-3-4-5-6-7-8-9-10-11-12-13-14-15-16-17-18-19-20-21-22-23-24-25-26-27(2)28(29)30/h26H,3-25H2,1-2H3,(H2,29,30). The minimum atomic E-state index is -0.284. The highest BCUT2D eigenvalue weighted by Crippen LogP contribution is 2.15. The van der Waals surface area contributed by atoms with Crippen LogP contribution >= 0.6 is 0 Å². The third-order valence-corrected chi connectivity index (χ3v) is 6.40. The lowest BCUT2D eigenvalue weighted by atomic mass is 10.0. The normalized spacial score (nSPS) is 11.9. The van der Waals surface area contributed by atoms with Crippen molar-refractivity contribution in [3.63, 3.8) is 0 Å². The van der Waals surface area contributed by atoms with Crippen LogP contribution in [-0.4, -0.2) is 5.91 Å². The molecule has 0 aliphatic carbocycles. The molecular weight excluding hydrogens is 366 g/mol. The van der Waals surface area contributed by atoms with E-state index in [9.17, 15) is 4.79 Å². The maximum Gasteiger partial charge on any atom is 0.244 e. The molecule has 0 aliphatic heterocycles. The second kappa shape index (κ2) is 24.5.